The van der Waals surface area contributed by atoms with Gasteiger partial charge in [0.2, 0.25) is 0 Å². The van der Waals surface area contributed by atoms with Crippen molar-refractivity contribution < 1.29 is 17.9 Å². The number of hydrogen-bond acceptors (Lipinski definition) is 6. The first-order valence-corrected chi connectivity index (χ1v) is 14.2. The van der Waals surface area contributed by atoms with Crippen LogP contribution in [0.3, 0.4) is 0 Å². The molecule has 6 nitrogen and oxygen atoms in total. The summed E-state index contributed by atoms with van der Waals surface area (Å²) >= 11 is 0. The first kappa shape index (κ1) is 26.6. The zero-order chi connectivity index (χ0) is 26.1. The third-order valence-electron chi connectivity index (χ3n) is 6.69. The van der Waals surface area contributed by atoms with Crippen LogP contribution in [0.15, 0.2) is 84.1 Å². The molecule has 1 aromatic carbocycles. The Bertz CT molecular complexity index is 1350. The molecule has 0 saturated heterocycles. The van der Waals surface area contributed by atoms with Gasteiger partial charge in [0.25, 0.3) is 0 Å². The van der Waals surface area contributed by atoms with Crippen LogP contribution in [-0.2, 0) is 29.1 Å². The molecule has 37 heavy (non-hydrogen) atoms. The maximum absolute atomic E-state index is 13.9. The molecular formula is C30H34N2O4S. The van der Waals surface area contributed by atoms with Gasteiger partial charge in [-0.3, -0.25) is 9.97 Å². The van der Waals surface area contributed by atoms with Crippen molar-refractivity contribution in [3.63, 3.8) is 0 Å². The first-order chi connectivity index (χ1) is 18.1. The molecule has 194 valence electrons. The lowest BCUT2D eigenvalue weighted by molar-refractivity contribution is 0.407. The molecule has 7 heteroatoms. The number of benzene rings is 1. The lowest BCUT2D eigenvalue weighted by Crippen LogP contribution is -2.17. The van der Waals surface area contributed by atoms with Gasteiger partial charge in [0, 0.05) is 29.2 Å². The van der Waals surface area contributed by atoms with Crippen molar-refractivity contribution in [1.82, 2.24) is 9.97 Å². The lowest BCUT2D eigenvalue weighted by Gasteiger charge is -2.21. The average molecular weight is 519 g/mol. The van der Waals surface area contributed by atoms with E-state index in [9.17, 15) is 8.42 Å². The predicted octanol–water partition coefficient (Wildman–Crippen LogP) is 6.02. The monoisotopic (exact) mass is 518 g/mol. The summed E-state index contributed by atoms with van der Waals surface area (Å²) in [6.07, 6.45) is 16.7. The molecule has 0 saturated carbocycles. The van der Waals surface area contributed by atoms with E-state index in [1.807, 2.05) is 18.2 Å². The van der Waals surface area contributed by atoms with Gasteiger partial charge in [0.15, 0.2) is 9.84 Å². The highest BCUT2D eigenvalue weighted by atomic mass is 32.2. The standard InChI is InChI=1S/C30H34N2O4S/c1-35-27-19-21-31-26-17-11-4-3-9-16-25-28(36-2)20-22-32-30(25)29(18-12-6-10-15-24(26)27)37(33,34)23-13-7-5-8-14-23/h3-8,12-14,19-22,29H,9-11,15-18H2,1-2H3/b4-3+,12-6+. The van der Waals surface area contributed by atoms with E-state index in [-0.39, 0.29) is 0 Å². The van der Waals surface area contributed by atoms with Crippen LogP contribution in [0.1, 0.15) is 53.4 Å². The van der Waals surface area contributed by atoms with Gasteiger partial charge in [0.1, 0.15) is 16.7 Å². The van der Waals surface area contributed by atoms with Crippen LogP contribution < -0.4 is 9.47 Å². The third-order valence-corrected chi connectivity index (χ3v) is 8.79. The quantitative estimate of drug-likeness (QED) is 0.393. The number of hydrogen-bond donors (Lipinski definition) is 0. The molecule has 2 heterocycles. The van der Waals surface area contributed by atoms with E-state index >= 15 is 0 Å². The topological polar surface area (TPSA) is 78.4 Å². The number of nitrogens with zero attached hydrogens (tertiary/aromatic N) is 2. The molecular weight excluding hydrogens is 484 g/mol. The molecule has 1 unspecified atom stereocenters. The van der Waals surface area contributed by atoms with Gasteiger partial charge in [-0.15, -0.1) is 0 Å². The summed E-state index contributed by atoms with van der Waals surface area (Å²) in [6.45, 7) is 0. The van der Waals surface area contributed by atoms with E-state index in [4.69, 9.17) is 9.47 Å². The van der Waals surface area contributed by atoms with Crippen LogP contribution >= 0.6 is 0 Å². The highest BCUT2D eigenvalue weighted by Crippen LogP contribution is 2.36. The summed E-state index contributed by atoms with van der Waals surface area (Å²) < 4.78 is 39.0. The normalized spacial score (nSPS) is 18.7. The zero-order valence-corrected chi connectivity index (χ0v) is 22.3. The summed E-state index contributed by atoms with van der Waals surface area (Å²) in [5, 5.41) is -0.823. The van der Waals surface area contributed by atoms with Gasteiger partial charge < -0.3 is 9.47 Å². The molecule has 0 aliphatic heterocycles. The molecule has 3 aromatic rings. The molecule has 0 bridgehead atoms. The number of rotatable bonds is 4. The van der Waals surface area contributed by atoms with E-state index in [0.717, 1.165) is 54.7 Å². The Morgan fingerprint density at radius 1 is 0.730 bits per heavy atom. The summed E-state index contributed by atoms with van der Waals surface area (Å²) in [4.78, 5) is 9.53. The van der Waals surface area contributed by atoms with Gasteiger partial charge in [-0.1, -0.05) is 42.5 Å². The highest BCUT2D eigenvalue weighted by Gasteiger charge is 2.32. The number of methoxy groups -OCH3 is 2. The minimum atomic E-state index is -3.70. The van der Waals surface area contributed by atoms with Gasteiger partial charge >= 0.3 is 0 Å². The van der Waals surface area contributed by atoms with Gasteiger partial charge in [-0.25, -0.2) is 8.42 Å². The van der Waals surface area contributed by atoms with Crippen molar-refractivity contribution >= 4 is 9.84 Å². The minimum absolute atomic E-state index is 0.294. The van der Waals surface area contributed by atoms with Crippen LogP contribution in [0.4, 0.5) is 0 Å². The summed E-state index contributed by atoms with van der Waals surface area (Å²) in [5.74, 6) is 1.51. The fraction of sp³-hybridized carbons (Fsp3) is 0.333. The molecule has 2 aromatic heterocycles. The largest absolute Gasteiger partial charge is 0.496 e. The Morgan fingerprint density at radius 3 is 2.03 bits per heavy atom. The number of aromatic nitrogens is 2. The Hall–Kier alpha value is -3.45. The molecule has 0 amide bonds. The molecule has 4 rings (SSSR count). The zero-order valence-electron chi connectivity index (χ0n) is 21.5. The number of sulfone groups is 1. The van der Waals surface area contributed by atoms with Crippen LogP contribution in [0.2, 0.25) is 0 Å². The fourth-order valence-electron chi connectivity index (χ4n) is 4.81. The summed E-state index contributed by atoms with van der Waals surface area (Å²) in [6, 6.07) is 12.3. The van der Waals surface area contributed by atoms with E-state index in [2.05, 4.69) is 28.2 Å². The fourth-order valence-corrected chi connectivity index (χ4v) is 6.53. The number of pyridine rings is 2. The minimum Gasteiger partial charge on any atom is -0.496 e. The van der Waals surface area contributed by atoms with Crippen molar-refractivity contribution in [1.29, 1.82) is 0 Å². The van der Waals surface area contributed by atoms with Crippen molar-refractivity contribution in [2.45, 2.75) is 55.1 Å². The van der Waals surface area contributed by atoms with E-state index in [1.165, 1.54) is 0 Å². The van der Waals surface area contributed by atoms with E-state index in [0.29, 0.717) is 29.2 Å². The highest BCUT2D eigenvalue weighted by molar-refractivity contribution is 7.91. The lowest BCUT2D eigenvalue weighted by atomic mass is 10.0. The van der Waals surface area contributed by atoms with Crippen LogP contribution in [0, 0.1) is 0 Å². The second-order valence-electron chi connectivity index (χ2n) is 8.96. The molecule has 1 aliphatic rings. The Morgan fingerprint density at radius 2 is 1.32 bits per heavy atom. The summed E-state index contributed by atoms with van der Waals surface area (Å²) in [7, 11) is -0.398. The summed E-state index contributed by atoms with van der Waals surface area (Å²) in [5.41, 5.74) is 3.56. The van der Waals surface area contributed by atoms with Crippen molar-refractivity contribution in [3.8, 4) is 11.5 Å². The number of ether oxygens (including phenoxy) is 2. The Labute approximate surface area is 220 Å². The smallest absolute Gasteiger partial charge is 0.187 e. The first-order valence-electron chi connectivity index (χ1n) is 12.7. The molecule has 0 fully saturated rings. The molecule has 0 N–H and O–H groups in total. The van der Waals surface area contributed by atoms with Gasteiger partial charge in [-0.05, 0) is 69.2 Å². The maximum Gasteiger partial charge on any atom is 0.187 e. The van der Waals surface area contributed by atoms with Crippen molar-refractivity contribution in [3.05, 3.63) is 102 Å². The molecule has 1 atom stereocenters. The maximum atomic E-state index is 13.9. The van der Waals surface area contributed by atoms with E-state index < -0.39 is 15.1 Å². The molecule has 1 aliphatic carbocycles. The Kier molecular flexibility index (Phi) is 9.12. The molecule has 0 radical (unpaired) electrons. The van der Waals surface area contributed by atoms with Crippen LogP contribution in [0.5, 0.6) is 11.5 Å². The average Bonchev–Trinajstić information content (AvgIpc) is 2.92. The predicted molar refractivity (Wildman–Crippen MR) is 146 cm³/mol. The number of aryl methyl sites for hydroxylation is 1. The number of allylic oxidation sites excluding steroid dienone is 4. The van der Waals surface area contributed by atoms with Crippen molar-refractivity contribution in [2.75, 3.05) is 14.2 Å². The van der Waals surface area contributed by atoms with Gasteiger partial charge in [-0.2, -0.15) is 0 Å². The second kappa shape index (κ2) is 12.7. The molecule has 0 spiro atoms. The van der Waals surface area contributed by atoms with E-state index in [1.54, 1.807) is 56.9 Å². The number of fused-ring (bicyclic) bond motifs is 2. The second-order valence-corrected chi connectivity index (χ2v) is 11.1. The third kappa shape index (κ3) is 6.28. The van der Waals surface area contributed by atoms with Crippen LogP contribution in [-0.4, -0.2) is 32.6 Å². The van der Waals surface area contributed by atoms with Gasteiger partial charge in [0.05, 0.1) is 24.8 Å². The SMILES string of the molecule is COc1ccnc2c1CC/C=C/CC(S(=O)(=O)c1ccccc1)c1nccc(OC)c1CC/C=C/CC2. The van der Waals surface area contributed by atoms with Crippen LogP contribution in [0.25, 0.3) is 0 Å². The Balaban J connectivity index is 1.74. The van der Waals surface area contributed by atoms with Crippen molar-refractivity contribution in [2.24, 2.45) is 0 Å².